The molecule has 0 fully saturated rings. The molecule has 0 radical (unpaired) electrons. The highest BCUT2D eigenvalue weighted by atomic mass is 35.5. The van der Waals surface area contributed by atoms with Crippen LogP contribution in [0.25, 0.3) is 0 Å². The number of carbonyl (C=O) groups excluding carboxylic acids is 1. The predicted molar refractivity (Wildman–Crippen MR) is 83.7 cm³/mol. The van der Waals surface area contributed by atoms with E-state index in [-0.39, 0.29) is 12.6 Å². The smallest absolute Gasteiger partial charge is 0.319 e. The van der Waals surface area contributed by atoms with Gasteiger partial charge < -0.3 is 20.6 Å². The summed E-state index contributed by atoms with van der Waals surface area (Å²) in [6, 6.07) is 4.97. The van der Waals surface area contributed by atoms with Gasteiger partial charge in [-0.25, -0.2) is 4.79 Å². The van der Waals surface area contributed by atoms with Crippen molar-refractivity contribution in [2.24, 2.45) is 0 Å². The zero-order valence-electron chi connectivity index (χ0n) is 12.1. The molecule has 0 aliphatic rings. The van der Waals surface area contributed by atoms with Gasteiger partial charge in [-0.3, -0.25) is 0 Å². The quantitative estimate of drug-likeness (QED) is 0.757. The number of urea groups is 1. The van der Waals surface area contributed by atoms with E-state index in [4.69, 9.17) is 11.6 Å². The lowest BCUT2D eigenvalue weighted by Crippen LogP contribution is -2.35. The van der Waals surface area contributed by atoms with Crippen LogP contribution >= 0.6 is 11.6 Å². The average Bonchev–Trinajstić information content (AvgIpc) is 2.36. The molecule has 0 aliphatic heterocycles. The van der Waals surface area contributed by atoms with Crippen LogP contribution in [-0.2, 0) is 0 Å². The topological polar surface area (TPSA) is 64.6 Å². The van der Waals surface area contributed by atoms with E-state index < -0.39 is 6.10 Å². The summed E-state index contributed by atoms with van der Waals surface area (Å²) in [6.07, 6.45) is 1.03. The van der Waals surface area contributed by atoms with E-state index in [1.165, 1.54) is 0 Å². The van der Waals surface area contributed by atoms with Gasteiger partial charge in [-0.05, 0) is 18.6 Å². The molecule has 1 rings (SSSR count). The third kappa shape index (κ3) is 4.90. The van der Waals surface area contributed by atoms with Crippen molar-refractivity contribution in [2.45, 2.75) is 25.9 Å². The fourth-order valence-electron chi connectivity index (χ4n) is 1.88. The van der Waals surface area contributed by atoms with Gasteiger partial charge in [-0.1, -0.05) is 31.0 Å². The second kappa shape index (κ2) is 7.97. The van der Waals surface area contributed by atoms with Gasteiger partial charge in [-0.15, -0.1) is 0 Å². The number of rotatable bonds is 6. The Balaban J connectivity index is 2.64. The van der Waals surface area contributed by atoms with Crippen LogP contribution in [0.4, 0.5) is 16.2 Å². The van der Waals surface area contributed by atoms with Crippen molar-refractivity contribution < 1.29 is 9.90 Å². The minimum absolute atomic E-state index is 0.234. The molecule has 20 heavy (non-hydrogen) atoms. The van der Waals surface area contributed by atoms with E-state index in [9.17, 15) is 9.90 Å². The number of anilines is 2. The highest BCUT2D eigenvalue weighted by Gasteiger charge is 2.12. The van der Waals surface area contributed by atoms with Crippen molar-refractivity contribution >= 4 is 29.0 Å². The first kappa shape index (κ1) is 16.6. The van der Waals surface area contributed by atoms with Crippen molar-refractivity contribution in [3.05, 3.63) is 23.2 Å². The zero-order valence-corrected chi connectivity index (χ0v) is 12.9. The molecule has 1 atom stereocenters. The fourth-order valence-corrected chi connectivity index (χ4v) is 2.23. The van der Waals surface area contributed by atoms with Crippen LogP contribution in [0.5, 0.6) is 0 Å². The maximum Gasteiger partial charge on any atom is 0.319 e. The number of carbonyl (C=O) groups is 1. The molecule has 6 heteroatoms. The van der Waals surface area contributed by atoms with Crippen molar-refractivity contribution in [2.75, 3.05) is 30.9 Å². The second-order valence-corrected chi connectivity index (χ2v) is 5.22. The van der Waals surface area contributed by atoms with E-state index in [0.717, 1.165) is 12.1 Å². The monoisotopic (exact) mass is 299 g/mol. The molecule has 0 heterocycles. The lowest BCUT2D eigenvalue weighted by molar-refractivity contribution is 0.162. The SMILES string of the molecule is CCCC(O)CNC(=O)Nc1cccc(Cl)c1N(C)C. The third-order valence-corrected chi connectivity index (χ3v) is 3.11. The van der Waals surface area contributed by atoms with Gasteiger partial charge >= 0.3 is 6.03 Å². The molecule has 0 bridgehead atoms. The molecule has 112 valence electrons. The molecule has 3 N–H and O–H groups in total. The first-order valence-corrected chi connectivity index (χ1v) is 7.02. The molecular formula is C14H22ClN3O2. The van der Waals surface area contributed by atoms with Crippen LogP contribution in [-0.4, -0.2) is 37.9 Å². The van der Waals surface area contributed by atoms with Crippen LogP contribution in [0.15, 0.2) is 18.2 Å². The van der Waals surface area contributed by atoms with Crippen molar-refractivity contribution in [3.8, 4) is 0 Å². The molecule has 1 aromatic carbocycles. The summed E-state index contributed by atoms with van der Waals surface area (Å²) in [6.45, 7) is 2.22. The van der Waals surface area contributed by atoms with Gasteiger partial charge in [0.05, 0.1) is 22.5 Å². The number of amides is 2. The maximum atomic E-state index is 11.8. The first-order valence-electron chi connectivity index (χ1n) is 6.64. The number of nitrogens with one attached hydrogen (secondary N) is 2. The highest BCUT2D eigenvalue weighted by Crippen LogP contribution is 2.32. The van der Waals surface area contributed by atoms with E-state index in [0.29, 0.717) is 17.1 Å². The van der Waals surface area contributed by atoms with E-state index >= 15 is 0 Å². The summed E-state index contributed by atoms with van der Waals surface area (Å²) in [5.74, 6) is 0. The van der Waals surface area contributed by atoms with E-state index in [1.54, 1.807) is 18.2 Å². The number of aliphatic hydroxyl groups excluding tert-OH is 1. The third-order valence-electron chi connectivity index (χ3n) is 2.80. The zero-order chi connectivity index (χ0) is 15.1. The summed E-state index contributed by atoms with van der Waals surface area (Å²) in [5.41, 5.74) is 1.38. The lowest BCUT2D eigenvalue weighted by atomic mass is 10.2. The number of nitrogens with zero attached hydrogens (tertiary/aromatic N) is 1. The Morgan fingerprint density at radius 2 is 2.15 bits per heavy atom. The molecule has 0 spiro atoms. The number of benzene rings is 1. The Kier molecular flexibility index (Phi) is 6.61. The summed E-state index contributed by atoms with van der Waals surface area (Å²) < 4.78 is 0. The number of hydrogen-bond acceptors (Lipinski definition) is 3. The fraction of sp³-hybridized carbons (Fsp3) is 0.500. The molecular weight excluding hydrogens is 278 g/mol. The van der Waals surface area contributed by atoms with Gasteiger partial charge in [-0.2, -0.15) is 0 Å². The number of aliphatic hydroxyl groups is 1. The van der Waals surface area contributed by atoms with Gasteiger partial charge in [0.15, 0.2) is 0 Å². The van der Waals surface area contributed by atoms with Crippen molar-refractivity contribution in [1.82, 2.24) is 5.32 Å². The minimum atomic E-state index is -0.515. The predicted octanol–water partition coefficient (Wildman–Crippen LogP) is 2.69. The Bertz CT molecular complexity index is 452. The Morgan fingerprint density at radius 1 is 1.45 bits per heavy atom. The van der Waals surface area contributed by atoms with Gasteiger partial charge in [0.25, 0.3) is 0 Å². The Morgan fingerprint density at radius 3 is 2.75 bits per heavy atom. The number of para-hydroxylation sites is 1. The Labute approximate surface area is 124 Å². The molecule has 0 aromatic heterocycles. The molecule has 1 unspecified atom stereocenters. The molecule has 1 aromatic rings. The van der Waals surface area contributed by atoms with Gasteiger partial charge in [0.2, 0.25) is 0 Å². The van der Waals surface area contributed by atoms with Crippen LogP contribution in [0.1, 0.15) is 19.8 Å². The van der Waals surface area contributed by atoms with Gasteiger partial charge in [0, 0.05) is 20.6 Å². The van der Waals surface area contributed by atoms with Crippen LogP contribution in [0, 0.1) is 0 Å². The van der Waals surface area contributed by atoms with Crippen molar-refractivity contribution in [1.29, 1.82) is 0 Å². The normalized spacial score (nSPS) is 11.8. The minimum Gasteiger partial charge on any atom is -0.391 e. The summed E-state index contributed by atoms with van der Waals surface area (Å²) in [4.78, 5) is 13.6. The molecule has 0 saturated heterocycles. The summed E-state index contributed by atoms with van der Waals surface area (Å²) in [7, 11) is 3.71. The van der Waals surface area contributed by atoms with E-state index in [2.05, 4.69) is 10.6 Å². The van der Waals surface area contributed by atoms with Gasteiger partial charge in [0.1, 0.15) is 0 Å². The summed E-state index contributed by atoms with van der Waals surface area (Å²) >= 11 is 6.12. The maximum absolute atomic E-state index is 11.8. The highest BCUT2D eigenvalue weighted by molar-refractivity contribution is 6.34. The molecule has 0 aliphatic carbocycles. The van der Waals surface area contributed by atoms with Crippen molar-refractivity contribution in [3.63, 3.8) is 0 Å². The molecule has 0 saturated carbocycles. The van der Waals surface area contributed by atoms with E-state index in [1.807, 2.05) is 25.9 Å². The second-order valence-electron chi connectivity index (χ2n) is 4.81. The number of halogens is 1. The first-order chi connectivity index (χ1) is 9.45. The standard InChI is InChI=1S/C14H22ClN3O2/c1-4-6-10(19)9-16-14(20)17-12-8-5-7-11(15)13(12)18(2)3/h5,7-8,10,19H,4,6,9H2,1-3H3,(H2,16,17,20). The Hall–Kier alpha value is -1.46. The lowest BCUT2D eigenvalue weighted by Gasteiger charge is -2.20. The average molecular weight is 300 g/mol. The molecule has 2 amide bonds. The number of hydrogen-bond donors (Lipinski definition) is 3. The van der Waals surface area contributed by atoms with Crippen LogP contribution in [0.3, 0.4) is 0 Å². The van der Waals surface area contributed by atoms with Crippen LogP contribution in [0.2, 0.25) is 5.02 Å². The summed E-state index contributed by atoms with van der Waals surface area (Å²) in [5, 5.41) is 15.5. The largest absolute Gasteiger partial charge is 0.391 e. The van der Waals surface area contributed by atoms with Crippen LogP contribution < -0.4 is 15.5 Å². The molecule has 5 nitrogen and oxygen atoms in total.